The fourth-order valence-electron chi connectivity index (χ4n) is 1.77. The second kappa shape index (κ2) is 8.61. The monoisotopic (exact) mass is 324 g/mol. The molecule has 20 heavy (non-hydrogen) atoms. The van der Waals surface area contributed by atoms with Gasteiger partial charge in [0.05, 0.1) is 0 Å². The summed E-state index contributed by atoms with van der Waals surface area (Å²) in [4.78, 5) is 8.96. The van der Waals surface area contributed by atoms with Crippen molar-refractivity contribution in [2.45, 2.75) is 27.7 Å². The molecule has 0 fully saturated rings. The van der Waals surface area contributed by atoms with Crippen LogP contribution in [0.5, 0.6) is 0 Å². The van der Waals surface area contributed by atoms with E-state index in [2.05, 4.69) is 19.3 Å². The van der Waals surface area contributed by atoms with Gasteiger partial charge in [-0.15, -0.1) is 0 Å². The van der Waals surface area contributed by atoms with Crippen LogP contribution in [0.4, 0.5) is 0 Å². The van der Waals surface area contributed by atoms with Crippen LogP contribution in [0.2, 0.25) is 0 Å². The van der Waals surface area contributed by atoms with Gasteiger partial charge in [-0.25, -0.2) is 0 Å². The molecular weight excluding hydrogens is 304 g/mol. The minimum absolute atomic E-state index is 0.935. The summed E-state index contributed by atoms with van der Waals surface area (Å²) in [5.41, 5.74) is 3.16. The van der Waals surface area contributed by atoms with Gasteiger partial charge in [0.25, 0.3) is 0 Å². The van der Waals surface area contributed by atoms with Gasteiger partial charge in [-0.3, -0.25) is 0 Å². The van der Waals surface area contributed by atoms with Gasteiger partial charge in [0.1, 0.15) is 0 Å². The molecule has 2 heterocycles. The summed E-state index contributed by atoms with van der Waals surface area (Å²) in [6.45, 7) is 8.00. The Hall–Kier alpha value is -1.52. The van der Waals surface area contributed by atoms with Crippen LogP contribution < -0.4 is 0 Å². The molecule has 3 rings (SSSR count). The van der Waals surface area contributed by atoms with Gasteiger partial charge in [0.15, 0.2) is 0 Å². The number of aromatic nitrogens is 3. The molecule has 0 aliphatic heterocycles. The average molecular weight is 325 g/mol. The Balaban J connectivity index is 0.000000461. The fraction of sp³-hybridized carbons (Fsp3) is 0.250. The van der Waals surface area contributed by atoms with E-state index in [0.717, 1.165) is 35.9 Å². The van der Waals surface area contributed by atoms with E-state index in [0.29, 0.717) is 0 Å². The van der Waals surface area contributed by atoms with Crippen molar-refractivity contribution < 1.29 is 0 Å². The molecule has 1 radical (unpaired) electrons. The third kappa shape index (κ3) is 3.52. The molecule has 0 saturated carbocycles. The van der Waals surface area contributed by atoms with E-state index < -0.39 is 0 Å². The Morgan fingerprint density at radius 2 is 1.55 bits per heavy atom. The van der Waals surface area contributed by atoms with Crippen LogP contribution in [-0.4, -0.2) is 32.1 Å². The number of para-hydroxylation sites is 2. The Bertz CT molecular complexity index is 633. The van der Waals surface area contributed by atoms with E-state index in [9.17, 15) is 0 Å². The predicted octanol–water partition coefficient (Wildman–Crippen LogP) is 3.81. The molecule has 3 aromatic rings. The van der Waals surface area contributed by atoms with Crippen molar-refractivity contribution in [3.05, 3.63) is 48.7 Å². The first kappa shape index (κ1) is 16.5. The molecule has 0 bridgehead atoms. The second-order valence-electron chi connectivity index (χ2n) is 3.57. The molecule has 0 N–H and O–H groups in total. The molecule has 1 aromatic carbocycles. The molecular formula is C16H21GaN3. The molecule has 0 amide bonds. The summed E-state index contributed by atoms with van der Waals surface area (Å²) in [5, 5.41) is 0. The van der Waals surface area contributed by atoms with Gasteiger partial charge >= 0.3 is 103 Å². The summed E-state index contributed by atoms with van der Waals surface area (Å²) in [6.07, 6.45) is 1.80. The van der Waals surface area contributed by atoms with Crippen molar-refractivity contribution >= 4 is 29.9 Å². The van der Waals surface area contributed by atoms with E-state index in [1.165, 1.54) is 5.52 Å². The molecule has 0 atom stereocenters. The van der Waals surface area contributed by atoms with Crippen LogP contribution in [0.15, 0.2) is 48.7 Å². The van der Waals surface area contributed by atoms with E-state index in [-0.39, 0.29) is 0 Å². The van der Waals surface area contributed by atoms with Gasteiger partial charge in [-0.05, 0) is 0 Å². The molecule has 4 heteroatoms. The fourth-order valence-corrected chi connectivity index (χ4v) is 2.82. The third-order valence-corrected chi connectivity index (χ3v) is 3.89. The molecule has 0 aliphatic rings. The van der Waals surface area contributed by atoms with Gasteiger partial charge < -0.3 is 0 Å². The van der Waals surface area contributed by atoms with Crippen molar-refractivity contribution in [1.82, 2.24) is 13.2 Å². The zero-order valence-corrected chi connectivity index (χ0v) is 15.6. The summed E-state index contributed by atoms with van der Waals surface area (Å²) in [7, 11) is 0. The molecule has 103 valence electrons. The van der Waals surface area contributed by atoms with Crippen LogP contribution in [0.3, 0.4) is 0 Å². The Morgan fingerprint density at radius 1 is 0.900 bits per heavy atom. The summed E-state index contributed by atoms with van der Waals surface area (Å²) in [6, 6.07) is 14.1. The first-order chi connectivity index (χ1) is 9.86. The molecule has 0 aliphatic carbocycles. The standard InChI is InChI=1S/C12H8N3.2C2H6.Ga.H/c1-2-6-10-9(5-1)14-12(15-10)11-7-3-4-8-13-11;2*1-2;;/h1-8H;2*1-2H3;;/q-1;;;+1;. The van der Waals surface area contributed by atoms with Crippen LogP contribution in [0.1, 0.15) is 27.7 Å². The number of hydrogen-bond donors (Lipinski definition) is 0. The predicted molar refractivity (Wildman–Crippen MR) is 88.2 cm³/mol. The normalized spacial score (nSPS) is 9.20. The Kier molecular flexibility index (Phi) is 7.11. The van der Waals surface area contributed by atoms with Crippen molar-refractivity contribution in [3.63, 3.8) is 0 Å². The van der Waals surface area contributed by atoms with Crippen LogP contribution in [0, 0.1) is 0 Å². The van der Waals surface area contributed by atoms with Gasteiger partial charge in [-0.1, -0.05) is 27.7 Å². The van der Waals surface area contributed by atoms with E-state index >= 15 is 0 Å². The van der Waals surface area contributed by atoms with Crippen molar-refractivity contribution in [3.8, 4) is 11.5 Å². The minimum atomic E-state index is 0.935. The zero-order valence-electron chi connectivity index (χ0n) is 12.7. The van der Waals surface area contributed by atoms with E-state index in [4.69, 9.17) is 0 Å². The van der Waals surface area contributed by atoms with Crippen LogP contribution in [0.25, 0.3) is 22.6 Å². The van der Waals surface area contributed by atoms with Gasteiger partial charge in [-0.2, -0.15) is 0 Å². The first-order valence-corrected chi connectivity index (χ1v) is 8.39. The number of pyridine rings is 1. The van der Waals surface area contributed by atoms with Crippen molar-refractivity contribution in [2.24, 2.45) is 0 Å². The average Bonchev–Trinajstić information content (AvgIpc) is 2.90. The van der Waals surface area contributed by atoms with Crippen LogP contribution >= 0.6 is 0 Å². The third-order valence-electron chi connectivity index (χ3n) is 2.55. The Labute approximate surface area is 131 Å². The topological polar surface area (TPSA) is 30.7 Å². The molecule has 0 spiro atoms. The number of rotatable bonds is 1. The van der Waals surface area contributed by atoms with E-state index in [1.807, 2.05) is 64.1 Å². The summed E-state index contributed by atoms with van der Waals surface area (Å²) < 4.78 is 2.19. The van der Waals surface area contributed by atoms with Crippen LogP contribution in [-0.2, 0) is 0 Å². The first-order valence-electron chi connectivity index (χ1n) is 7.06. The maximum absolute atomic E-state index is 4.61. The number of nitrogens with zero attached hydrogens (tertiary/aromatic N) is 3. The van der Waals surface area contributed by atoms with E-state index in [1.54, 1.807) is 6.20 Å². The molecule has 2 aromatic heterocycles. The van der Waals surface area contributed by atoms with Gasteiger partial charge in [0, 0.05) is 0 Å². The quantitative estimate of drug-likeness (QED) is 0.637. The molecule has 0 saturated heterocycles. The zero-order chi connectivity index (χ0) is 15.0. The number of hydrogen-bond acceptors (Lipinski definition) is 2. The number of benzene rings is 1. The van der Waals surface area contributed by atoms with Crippen molar-refractivity contribution in [2.75, 3.05) is 0 Å². The summed E-state index contributed by atoms with van der Waals surface area (Å²) in [5.74, 6) is 0.960. The van der Waals surface area contributed by atoms with Gasteiger partial charge in [0.2, 0.25) is 0 Å². The molecule has 3 nitrogen and oxygen atoms in total. The maximum atomic E-state index is 4.61. The number of imidazole rings is 1. The SMILES string of the molecule is CC.CC.[GaH][n]1c(-c2ccccn2)nc2ccccc21. The van der Waals surface area contributed by atoms with Crippen molar-refractivity contribution in [1.29, 1.82) is 0 Å². The molecule has 0 unspecified atom stereocenters. The Morgan fingerprint density at radius 3 is 2.15 bits per heavy atom. The summed E-state index contributed by atoms with van der Waals surface area (Å²) >= 11 is 1.02. The number of fused-ring (bicyclic) bond motifs is 1. The second-order valence-corrected chi connectivity index (χ2v) is 4.89.